The van der Waals surface area contributed by atoms with Gasteiger partial charge in [0.15, 0.2) is 0 Å². The van der Waals surface area contributed by atoms with Crippen LogP contribution in [0.1, 0.15) is 45.7 Å². The maximum absolute atomic E-state index is 5.97. The van der Waals surface area contributed by atoms with E-state index in [1.54, 1.807) is 0 Å². The summed E-state index contributed by atoms with van der Waals surface area (Å²) >= 11 is 0. The highest BCUT2D eigenvalue weighted by molar-refractivity contribution is 5.29. The van der Waals surface area contributed by atoms with Crippen LogP contribution in [0.15, 0.2) is 66.7 Å². The number of rotatable bonds is 8. The van der Waals surface area contributed by atoms with Gasteiger partial charge in [0.25, 0.3) is 0 Å². The topological polar surface area (TPSA) is 12.5 Å². The lowest BCUT2D eigenvalue weighted by Gasteiger charge is -2.25. The zero-order valence-corrected chi connectivity index (χ0v) is 17.9. The number of nitrogens with zero attached hydrogens (tertiary/aromatic N) is 1. The molecule has 2 rings (SSSR count). The van der Waals surface area contributed by atoms with Gasteiger partial charge in [-0.15, -0.1) is 0 Å². The highest BCUT2D eigenvalue weighted by atomic mass is 16.5. The maximum atomic E-state index is 5.97. The first-order chi connectivity index (χ1) is 13.3. The normalized spacial score (nSPS) is 11.7. The SMILES string of the molecule is CC(C)N(C/C=C/C#CC(C)(C)C)Cc1cccc(OCc2ccccc2)c1. The zero-order valence-electron chi connectivity index (χ0n) is 17.9. The summed E-state index contributed by atoms with van der Waals surface area (Å²) in [6.45, 7) is 13.2. The lowest BCUT2D eigenvalue weighted by Crippen LogP contribution is -2.30. The van der Waals surface area contributed by atoms with E-state index in [1.165, 1.54) is 11.1 Å². The average molecular weight is 376 g/mol. The minimum Gasteiger partial charge on any atom is -0.489 e. The van der Waals surface area contributed by atoms with E-state index in [0.717, 1.165) is 18.8 Å². The Balaban J connectivity index is 1.94. The highest BCUT2D eigenvalue weighted by Crippen LogP contribution is 2.17. The molecule has 2 heteroatoms. The summed E-state index contributed by atoms with van der Waals surface area (Å²) in [5.41, 5.74) is 2.48. The molecular weight excluding hydrogens is 342 g/mol. The Morgan fingerprint density at radius 2 is 1.71 bits per heavy atom. The third kappa shape index (κ3) is 8.46. The molecule has 0 aliphatic carbocycles. The quantitative estimate of drug-likeness (QED) is 0.518. The van der Waals surface area contributed by atoms with Gasteiger partial charge in [-0.25, -0.2) is 0 Å². The molecule has 2 nitrogen and oxygen atoms in total. The monoisotopic (exact) mass is 375 g/mol. The Hall–Kier alpha value is -2.50. The Bertz CT molecular complexity index is 804. The van der Waals surface area contributed by atoms with Crippen molar-refractivity contribution in [3.8, 4) is 17.6 Å². The van der Waals surface area contributed by atoms with Gasteiger partial charge in [0.05, 0.1) is 0 Å². The van der Waals surface area contributed by atoms with Crippen molar-refractivity contribution in [3.05, 3.63) is 77.9 Å². The van der Waals surface area contributed by atoms with Crippen LogP contribution in [0.3, 0.4) is 0 Å². The third-order valence-corrected chi connectivity index (χ3v) is 4.25. The molecule has 0 unspecified atom stereocenters. The number of benzene rings is 2. The van der Waals surface area contributed by atoms with Crippen LogP contribution in [0.5, 0.6) is 5.75 Å². The van der Waals surface area contributed by atoms with E-state index in [1.807, 2.05) is 30.3 Å². The minimum absolute atomic E-state index is 0.0439. The molecule has 0 fully saturated rings. The van der Waals surface area contributed by atoms with Crippen molar-refractivity contribution in [1.82, 2.24) is 4.90 Å². The highest BCUT2D eigenvalue weighted by Gasteiger charge is 2.09. The standard InChI is InChI=1S/C26H33NO/c1-22(2)27(18-11-7-10-17-26(3,4)5)20-24-15-12-16-25(19-24)28-21-23-13-8-6-9-14-23/h6-9,11-16,19,22H,18,20-21H2,1-5H3/b11-7+. The van der Waals surface area contributed by atoms with E-state index < -0.39 is 0 Å². The summed E-state index contributed by atoms with van der Waals surface area (Å²) in [5, 5.41) is 0. The Kier molecular flexibility index (Phi) is 8.36. The van der Waals surface area contributed by atoms with Crippen molar-refractivity contribution in [3.63, 3.8) is 0 Å². The molecule has 0 radical (unpaired) electrons. The number of allylic oxidation sites excluding steroid dienone is 1. The molecule has 0 saturated heterocycles. The van der Waals surface area contributed by atoms with Gasteiger partial charge in [0.1, 0.15) is 12.4 Å². The molecular formula is C26H33NO. The predicted molar refractivity (Wildman–Crippen MR) is 119 cm³/mol. The van der Waals surface area contributed by atoms with E-state index in [-0.39, 0.29) is 5.41 Å². The van der Waals surface area contributed by atoms with E-state index >= 15 is 0 Å². The van der Waals surface area contributed by atoms with Crippen molar-refractivity contribution in [2.75, 3.05) is 6.54 Å². The van der Waals surface area contributed by atoms with Crippen LogP contribution < -0.4 is 4.74 Å². The number of hydrogen-bond donors (Lipinski definition) is 0. The molecule has 148 valence electrons. The van der Waals surface area contributed by atoms with Gasteiger partial charge in [0.2, 0.25) is 0 Å². The van der Waals surface area contributed by atoms with E-state index in [9.17, 15) is 0 Å². The molecule has 0 amide bonds. The zero-order chi connectivity index (χ0) is 20.4. The molecule has 0 aliphatic rings. The molecule has 0 heterocycles. The molecule has 0 bridgehead atoms. The van der Waals surface area contributed by atoms with Gasteiger partial charge < -0.3 is 4.74 Å². The van der Waals surface area contributed by atoms with Crippen molar-refractivity contribution < 1.29 is 4.74 Å². The van der Waals surface area contributed by atoms with Crippen LogP contribution in [0.25, 0.3) is 0 Å². The number of hydrogen-bond acceptors (Lipinski definition) is 2. The van der Waals surface area contributed by atoms with Crippen molar-refractivity contribution >= 4 is 0 Å². The Labute approximate surface area is 171 Å². The first kappa shape index (κ1) is 21.8. The molecule has 2 aromatic carbocycles. The fraction of sp³-hybridized carbons (Fsp3) is 0.385. The van der Waals surface area contributed by atoms with Crippen LogP contribution in [-0.2, 0) is 13.2 Å². The van der Waals surface area contributed by atoms with Gasteiger partial charge in [0, 0.05) is 24.5 Å². The van der Waals surface area contributed by atoms with E-state index in [0.29, 0.717) is 12.6 Å². The molecule has 28 heavy (non-hydrogen) atoms. The van der Waals surface area contributed by atoms with Gasteiger partial charge in [-0.2, -0.15) is 0 Å². The summed E-state index contributed by atoms with van der Waals surface area (Å²) < 4.78 is 5.97. The van der Waals surface area contributed by atoms with Crippen molar-refractivity contribution in [2.45, 2.75) is 53.8 Å². The van der Waals surface area contributed by atoms with Gasteiger partial charge in [-0.1, -0.05) is 60.4 Å². The summed E-state index contributed by atoms with van der Waals surface area (Å²) in [6, 6.07) is 19.1. The summed E-state index contributed by atoms with van der Waals surface area (Å²) in [5.74, 6) is 7.30. The molecule has 0 saturated carbocycles. The fourth-order valence-corrected chi connectivity index (χ4v) is 2.67. The van der Waals surface area contributed by atoms with E-state index in [4.69, 9.17) is 4.74 Å². The minimum atomic E-state index is 0.0439. The van der Waals surface area contributed by atoms with Crippen LogP contribution in [0, 0.1) is 17.3 Å². The van der Waals surface area contributed by atoms with Gasteiger partial charge in [-0.05, 0) is 64.0 Å². The van der Waals surface area contributed by atoms with Crippen LogP contribution >= 0.6 is 0 Å². The molecule has 0 aliphatic heterocycles. The van der Waals surface area contributed by atoms with Gasteiger partial charge >= 0.3 is 0 Å². The fourth-order valence-electron chi connectivity index (χ4n) is 2.67. The number of ether oxygens (including phenoxy) is 1. The smallest absolute Gasteiger partial charge is 0.120 e. The Morgan fingerprint density at radius 1 is 1.00 bits per heavy atom. The first-order valence-electron chi connectivity index (χ1n) is 10.0. The molecule has 0 aromatic heterocycles. The van der Waals surface area contributed by atoms with Crippen molar-refractivity contribution in [2.24, 2.45) is 5.41 Å². The summed E-state index contributed by atoms with van der Waals surface area (Å²) in [6.07, 6.45) is 4.12. The van der Waals surface area contributed by atoms with Crippen LogP contribution in [0.2, 0.25) is 0 Å². The lowest BCUT2D eigenvalue weighted by atomic mass is 9.98. The molecule has 0 N–H and O–H groups in total. The molecule has 0 atom stereocenters. The Morgan fingerprint density at radius 3 is 2.39 bits per heavy atom. The second-order valence-electron chi connectivity index (χ2n) is 8.37. The first-order valence-corrected chi connectivity index (χ1v) is 10.0. The van der Waals surface area contributed by atoms with Crippen LogP contribution in [0.4, 0.5) is 0 Å². The summed E-state index contributed by atoms with van der Waals surface area (Å²) in [4.78, 5) is 2.42. The molecule has 2 aromatic rings. The third-order valence-electron chi connectivity index (χ3n) is 4.25. The van der Waals surface area contributed by atoms with Crippen molar-refractivity contribution in [1.29, 1.82) is 0 Å². The van der Waals surface area contributed by atoms with Crippen LogP contribution in [-0.4, -0.2) is 17.5 Å². The maximum Gasteiger partial charge on any atom is 0.120 e. The second-order valence-corrected chi connectivity index (χ2v) is 8.37. The summed E-state index contributed by atoms with van der Waals surface area (Å²) in [7, 11) is 0. The second kappa shape index (κ2) is 10.7. The lowest BCUT2D eigenvalue weighted by molar-refractivity contribution is 0.236. The predicted octanol–water partition coefficient (Wildman–Crippen LogP) is 6.08. The van der Waals surface area contributed by atoms with Gasteiger partial charge in [-0.3, -0.25) is 4.90 Å². The van der Waals surface area contributed by atoms with E-state index in [2.05, 4.69) is 87.8 Å². The largest absolute Gasteiger partial charge is 0.489 e. The molecule has 0 spiro atoms. The average Bonchev–Trinajstić information content (AvgIpc) is 2.65.